The van der Waals surface area contributed by atoms with Gasteiger partial charge < -0.3 is 10.4 Å². The summed E-state index contributed by atoms with van der Waals surface area (Å²) in [5.74, 6) is -2.37. The van der Waals surface area contributed by atoms with Gasteiger partial charge in [0.2, 0.25) is 5.91 Å². The van der Waals surface area contributed by atoms with Gasteiger partial charge in [0.1, 0.15) is 5.82 Å². The van der Waals surface area contributed by atoms with Crippen LogP contribution in [0.15, 0.2) is 53.9 Å². The maximum atomic E-state index is 13.3. The Labute approximate surface area is 147 Å². The van der Waals surface area contributed by atoms with Gasteiger partial charge in [-0.05, 0) is 59.2 Å². The fourth-order valence-electron chi connectivity index (χ4n) is 2.46. The molecule has 126 valence electrons. The lowest BCUT2D eigenvalue weighted by Crippen LogP contribution is -2.12. The first kappa shape index (κ1) is 16.9. The predicted molar refractivity (Wildman–Crippen MR) is 97.5 cm³/mol. The van der Waals surface area contributed by atoms with Gasteiger partial charge in [0.05, 0.1) is 11.3 Å². The summed E-state index contributed by atoms with van der Waals surface area (Å²) in [6.07, 6.45) is 1.37. The van der Waals surface area contributed by atoms with E-state index in [1.807, 2.05) is 29.6 Å². The molecule has 0 aliphatic heterocycles. The number of benzene rings is 2. The monoisotopic (exact) mass is 355 g/mol. The highest BCUT2D eigenvalue weighted by Crippen LogP contribution is 2.25. The molecular formula is C19H14FNO3S. The summed E-state index contributed by atoms with van der Waals surface area (Å²) < 4.78 is 14.5. The van der Waals surface area contributed by atoms with E-state index in [9.17, 15) is 14.0 Å². The van der Waals surface area contributed by atoms with Gasteiger partial charge in [-0.1, -0.05) is 12.1 Å². The Hall–Kier alpha value is -2.99. The van der Waals surface area contributed by atoms with E-state index in [1.165, 1.54) is 6.08 Å². The third-order valence-corrected chi connectivity index (χ3v) is 4.61. The molecule has 0 unspecified atom stereocenters. The van der Waals surface area contributed by atoms with Crippen molar-refractivity contribution in [2.45, 2.75) is 6.92 Å². The number of hydrogen-bond donors (Lipinski definition) is 2. The maximum Gasteiger partial charge on any atom is 0.337 e. The Morgan fingerprint density at radius 3 is 2.72 bits per heavy atom. The molecule has 1 aromatic heterocycles. The number of amides is 1. The van der Waals surface area contributed by atoms with Gasteiger partial charge in [0.25, 0.3) is 0 Å². The van der Waals surface area contributed by atoms with E-state index in [1.54, 1.807) is 18.3 Å². The predicted octanol–water partition coefficient (Wildman–Crippen LogP) is 4.78. The van der Waals surface area contributed by atoms with Crippen LogP contribution in [-0.2, 0) is 4.79 Å². The van der Waals surface area contributed by atoms with Crippen LogP contribution in [0.4, 0.5) is 10.1 Å². The third-order valence-electron chi connectivity index (χ3n) is 3.73. The van der Waals surface area contributed by atoms with E-state index < -0.39 is 17.7 Å². The lowest BCUT2D eigenvalue weighted by molar-refractivity contribution is -0.111. The Morgan fingerprint density at radius 2 is 1.96 bits per heavy atom. The van der Waals surface area contributed by atoms with Gasteiger partial charge in [-0.2, -0.15) is 0 Å². The Kier molecular flexibility index (Phi) is 4.63. The number of allylic oxidation sites excluding steroid dienone is 1. The molecule has 0 atom stereocenters. The summed E-state index contributed by atoms with van der Waals surface area (Å²) >= 11 is 1.61. The molecule has 6 heteroatoms. The number of rotatable bonds is 4. The summed E-state index contributed by atoms with van der Waals surface area (Å²) in [4.78, 5) is 23.4. The number of halogens is 1. The smallest absolute Gasteiger partial charge is 0.337 e. The largest absolute Gasteiger partial charge is 0.478 e. The number of aromatic carboxylic acids is 1. The highest BCUT2D eigenvalue weighted by atomic mass is 32.1. The number of fused-ring (bicyclic) bond motifs is 1. The van der Waals surface area contributed by atoms with Gasteiger partial charge in [0, 0.05) is 10.8 Å². The summed E-state index contributed by atoms with van der Waals surface area (Å²) in [5.41, 5.74) is 1.37. The number of nitrogens with one attached hydrogen (secondary N) is 1. The fourth-order valence-corrected chi connectivity index (χ4v) is 3.28. The summed E-state index contributed by atoms with van der Waals surface area (Å²) in [6.45, 7) is 1.79. The second-order valence-electron chi connectivity index (χ2n) is 5.48. The molecule has 3 rings (SSSR count). The van der Waals surface area contributed by atoms with Crippen molar-refractivity contribution in [3.63, 3.8) is 0 Å². The zero-order chi connectivity index (χ0) is 18.0. The van der Waals surface area contributed by atoms with Crippen molar-refractivity contribution in [3.8, 4) is 0 Å². The first-order valence-electron chi connectivity index (χ1n) is 7.44. The number of carbonyl (C=O) groups is 2. The van der Waals surface area contributed by atoms with E-state index in [4.69, 9.17) is 5.11 Å². The average Bonchev–Trinajstić information content (AvgIpc) is 3.01. The van der Waals surface area contributed by atoms with Crippen molar-refractivity contribution in [1.29, 1.82) is 0 Å². The van der Waals surface area contributed by atoms with Crippen LogP contribution in [0, 0.1) is 5.82 Å². The van der Waals surface area contributed by atoms with Crippen LogP contribution in [0.2, 0.25) is 0 Å². The topological polar surface area (TPSA) is 66.4 Å². The molecule has 0 aliphatic carbocycles. The fraction of sp³-hybridized carbons (Fsp3) is 0.0526. The average molecular weight is 355 g/mol. The molecule has 0 fully saturated rings. The molecule has 1 heterocycles. The molecule has 2 N–H and O–H groups in total. The van der Waals surface area contributed by atoms with E-state index >= 15 is 0 Å². The molecule has 0 spiro atoms. The number of carboxylic acid groups (broad SMARTS) is 1. The van der Waals surface area contributed by atoms with Crippen LogP contribution < -0.4 is 5.32 Å². The minimum Gasteiger partial charge on any atom is -0.478 e. The minimum atomic E-state index is -1.24. The zero-order valence-corrected chi connectivity index (χ0v) is 14.1. The lowest BCUT2D eigenvalue weighted by Gasteiger charge is -2.08. The number of carbonyl (C=O) groups excluding carboxylic acids is 1. The van der Waals surface area contributed by atoms with E-state index in [0.717, 1.165) is 39.4 Å². The molecule has 0 aliphatic rings. The van der Waals surface area contributed by atoms with Crippen LogP contribution in [0.3, 0.4) is 0 Å². The van der Waals surface area contributed by atoms with Gasteiger partial charge in [0.15, 0.2) is 0 Å². The first-order chi connectivity index (χ1) is 11.9. The normalized spacial score (nSPS) is 11.5. The highest BCUT2D eigenvalue weighted by molar-refractivity contribution is 7.17. The number of thiophene rings is 1. The van der Waals surface area contributed by atoms with Crippen LogP contribution in [0.1, 0.15) is 22.8 Å². The quantitative estimate of drug-likeness (QED) is 0.662. The van der Waals surface area contributed by atoms with Crippen LogP contribution in [-0.4, -0.2) is 17.0 Å². The van der Waals surface area contributed by atoms with Crippen molar-refractivity contribution in [1.82, 2.24) is 0 Å². The molecule has 25 heavy (non-hydrogen) atoms. The molecular weight excluding hydrogens is 341 g/mol. The van der Waals surface area contributed by atoms with Crippen LogP contribution in [0.5, 0.6) is 0 Å². The molecule has 3 aromatic rings. The zero-order valence-electron chi connectivity index (χ0n) is 13.2. The van der Waals surface area contributed by atoms with Gasteiger partial charge in [-0.15, -0.1) is 11.3 Å². The second-order valence-corrected chi connectivity index (χ2v) is 6.43. The highest BCUT2D eigenvalue weighted by Gasteiger charge is 2.13. The Morgan fingerprint density at radius 1 is 1.16 bits per heavy atom. The van der Waals surface area contributed by atoms with Gasteiger partial charge >= 0.3 is 5.97 Å². The molecule has 4 nitrogen and oxygen atoms in total. The summed E-state index contributed by atoms with van der Waals surface area (Å²) in [5, 5.41) is 14.7. The molecule has 0 saturated carbocycles. The Bertz CT molecular complexity index is 1010. The van der Waals surface area contributed by atoms with Crippen molar-refractivity contribution >= 4 is 44.6 Å². The minimum absolute atomic E-state index is 0.0738. The SMILES string of the molecule is C/C(=C\C(=O)Nc1cc(F)ccc1C(=O)O)c1ccc2ccsc2c1. The number of anilines is 1. The first-order valence-corrected chi connectivity index (χ1v) is 8.32. The Balaban J connectivity index is 1.85. The molecule has 0 saturated heterocycles. The third kappa shape index (κ3) is 3.75. The summed E-state index contributed by atoms with van der Waals surface area (Å²) in [6, 6.07) is 11.1. The molecule has 0 radical (unpaired) electrons. The maximum absolute atomic E-state index is 13.3. The second kappa shape index (κ2) is 6.86. The number of hydrogen-bond acceptors (Lipinski definition) is 3. The molecule has 1 amide bonds. The van der Waals surface area contributed by atoms with Crippen LogP contribution >= 0.6 is 11.3 Å². The van der Waals surface area contributed by atoms with Crippen molar-refractivity contribution in [2.24, 2.45) is 0 Å². The van der Waals surface area contributed by atoms with Crippen LogP contribution in [0.25, 0.3) is 15.7 Å². The van der Waals surface area contributed by atoms with E-state index in [2.05, 4.69) is 5.32 Å². The van der Waals surface area contributed by atoms with Crippen molar-refractivity contribution in [3.05, 3.63) is 70.9 Å². The van der Waals surface area contributed by atoms with Crippen molar-refractivity contribution in [2.75, 3.05) is 5.32 Å². The van der Waals surface area contributed by atoms with Gasteiger partial charge in [-0.25, -0.2) is 9.18 Å². The molecule has 0 bridgehead atoms. The van der Waals surface area contributed by atoms with E-state index in [0.29, 0.717) is 0 Å². The molecule has 2 aromatic carbocycles. The lowest BCUT2D eigenvalue weighted by atomic mass is 10.1. The van der Waals surface area contributed by atoms with Crippen molar-refractivity contribution < 1.29 is 19.1 Å². The van der Waals surface area contributed by atoms with E-state index in [-0.39, 0.29) is 11.3 Å². The standard InChI is InChI=1S/C19H14FNO3S/c1-11(13-3-2-12-6-7-25-17(12)9-13)8-18(22)21-16-10-14(20)4-5-15(16)19(23)24/h2-10H,1H3,(H,21,22)(H,23,24)/b11-8+. The number of carboxylic acids is 1. The summed E-state index contributed by atoms with van der Waals surface area (Å²) in [7, 11) is 0. The van der Waals surface area contributed by atoms with Gasteiger partial charge in [-0.3, -0.25) is 4.79 Å².